The second-order valence-electron chi connectivity index (χ2n) is 5.30. The summed E-state index contributed by atoms with van der Waals surface area (Å²) in [6.45, 7) is 2.48. The van der Waals surface area contributed by atoms with Crippen molar-refractivity contribution in [1.82, 2.24) is 0 Å². The molecule has 0 aliphatic carbocycles. The van der Waals surface area contributed by atoms with E-state index in [4.69, 9.17) is 4.74 Å². The highest BCUT2D eigenvalue weighted by molar-refractivity contribution is 9.10. The average molecular weight is 415 g/mol. The van der Waals surface area contributed by atoms with Gasteiger partial charge in [0, 0.05) is 17.6 Å². The topological polar surface area (TPSA) is 58.6 Å². The van der Waals surface area contributed by atoms with Crippen LogP contribution in [0.5, 0.6) is 0 Å². The van der Waals surface area contributed by atoms with E-state index in [0.717, 1.165) is 16.2 Å². The van der Waals surface area contributed by atoms with Crippen LogP contribution in [0.4, 0.5) is 15.8 Å². The minimum atomic E-state index is -4.03. The molecule has 2 aromatic carbocycles. The van der Waals surface area contributed by atoms with Gasteiger partial charge in [-0.05, 0) is 30.3 Å². The molecule has 1 aliphatic heterocycles. The van der Waals surface area contributed by atoms with Gasteiger partial charge in [-0.15, -0.1) is 0 Å². The van der Waals surface area contributed by atoms with Gasteiger partial charge in [0.1, 0.15) is 10.7 Å². The van der Waals surface area contributed by atoms with E-state index in [2.05, 4.69) is 20.7 Å². The molecule has 1 saturated heterocycles. The van der Waals surface area contributed by atoms with Crippen LogP contribution in [0, 0.1) is 5.82 Å². The summed E-state index contributed by atoms with van der Waals surface area (Å²) in [5.74, 6) is -0.784. The lowest BCUT2D eigenvalue weighted by Crippen LogP contribution is -2.36. The summed E-state index contributed by atoms with van der Waals surface area (Å²) in [6.07, 6.45) is 0. The minimum Gasteiger partial charge on any atom is -0.378 e. The zero-order chi connectivity index (χ0) is 17.2. The molecule has 0 amide bonds. The van der Waals surface area contributed by atoms with Gasteiger partial charge in [-0.1, -0.05) is 28.1 Å². The fourth-order valence-corrected chi connectivity index (χ4v) is 4.04. The summed E-state index contributed by atoms with van der Waals surface area (Å²) in [5, 5.41) is 0. The Morgan fingerprint density at radius 3 is 2.54 bits per heavy atom. The van der Waals surface area contributed by atoms with Gasteiger partial charge in [0.25, 0.3) is 10.0 Å². The third kappa shape index (κ3) is 3.71. The molecule has 0 spiro atoms. The lowest BCUT2D eigenvalue weighted by Gasteiger charge is -2.30. The van der Waals surface area contributed by atoms with Crippen LogP contribution in [0.3, 0.4) is 0 Å². The van der Waals surface area contributed by atoms with Crippen LogP contribution in [-0.4, -0.2) is 34.7 Å². The normalized spacial score (nSPS) is 15.3. The van der Waals surface area contributed by atoms with Crippen molar-refractivity contribution in [1.29, 1.82) is 0 Å². The number of anilines is 2. The van der Waals surface area contributed by atoms with Crippen LogP contribution in [-0.2, 0) is 14.8 Å². The Morgan fingerprint density at radius 1 is 1.12 bits per heavy atom. The number of ether oxygens (including phenoxy) is 1. The standard InChI is InChI=1S/C16H16BrFN2O3S/c17-12-5-6-15(20-7-9-23-10-8-20)14(11-12)19-24(21,22)16-4-2-1-3-13(16)18/h1-6,11,19H,7-10H2. The van der Waals surface area contributed by atoms with E-state index in [1.165, 1.54) is 18.2 Å². The average Bonchev–Trinajstić information content (AvgIpc) is 2.55. The van der Waals surface area contributed by atoms with Crippen molar-refractivity contribution in [3.05, 3.63) is 52.8 Å². The first-order valence-electron chi connectivity index (χ1n) is 7.37. The number of hydrogen-bond donors (Lipinski definition) is 1. The molecule has 0 atom stereocenters. The molecule has 0 saturated carbocycles. The zero-order valence-electron chi connectivity index (χ0n) is 12.7. The first-order chi connectivity index (χ1) is 11.5. The number of halogens is 2. The molecule has 3 rings (SSSR count). The van der Waals surface area contributed by atoms with Crippen LogP contribution >= 0.6 is 15.9 Å². The number of sulfonamides is 1. The molecule has 0 unspecified atom stereocenters. The Bertz CT molecular complexity index is 839. The molecule has 1 aliphatic rings. The predicted molar refractivity (Wildman–Crippen MR) is 94.4 cm³/mol. The predicted octanol–water partition coefficient (Wildman–Crippen LogP) is 3.23. The number of nitrogens with zero attached hydrogens (tertiary/aromatic N) is 1. The largest absolute Gasteiger partial charge is 0.378 e. The molecule has 5 nitrogen and oxygen atoms in total. The molecule has 128 valence electrons. The van der Waals surface area contributed by atoms with Gasteiger partial charge >= 0.3 is 0 Å². The fraction of sp³-hybridized carbons (Fsp3) is 0.250. The van der Waals surface area contributed by atoms with Gasteiger partial charge < -0.3 is 9.64 Å². The molecule has 0 bridgehead atoms. The third-order valence-corrected chi connectivity index (χ3v) is 5.57. The smallest absolute Gasteiger partial charge is 0.264 e. The van der Waals surface area contributed by atoms with Crippen LogP contribution in [0.1, 0.15) is 0 Å². The Kier molecular flexibility index (Phi) is 5.07. The molecule has 2 aromatic rings. The molecule has 1 fully saturated rings. The van der Waals surface area contributed by atoms with E-state index >= 15 is 0 Å². The van der Waals surface area contributed by atoms with Crippen molar-refractivity contribution in [2.45, 2.75) is 4.90 Å². The van der Waals surface area contributed by atoms with Crippen LogP contribution in [0.25, 0.3) is 0 Å². The second kappa shape index (κ2) is 7.08. The van der Waals surface area contributed by atoms with E-state index in [9.17, 15) is 12.8 Å². The van der Waals surface area contributed by atoms with Gasteiger partial charge in [0.15, 0.2) is 0 Å². The van der Waals surface area contributed by atoms with Crippen LogP contribution < -0.4 is 9.62 Å². The molecular weight excluding hydrogens is 399 g/mol. The van der Waals surface area contributed by atoms with Crippen molar-refractivity contribution in [2.24, 2.45) is 0 Å². The van der Waals surface area contributed by atoms with Crippen LogP contribution in [0.15, 0.2) is 51.8 Å². The quantitative estimate of drug-likeness (QED) is 0.833. The summed E-state index contributed by atoms with van der Waals surface area (Å²) >= 11 is 3.35. The van der Waals surface area contributed by atoms with Gasteiger partial charge in [-0.25, -0.2) is 12.8 Å². The number of benzene rings is 2. The summed E-state index contributed by atoms with van der Waals surface area (Å²) in [4.78, 5) is 1.66. The van der Waals surface area contributed by atoms with E-state index in [-0.39, 0.29) is 4.90 Å². The molecule has 1 heterocycles. The highest BCUT2D eigenvalue weighted by Crippen LogP contribution is 2.32. The summed E-state index contributed by atoms with van der Waals surface area (Å²) in [6, 6.07) is 10.6. The molecule has 24 heavy (non-hydrogen) atoms. The minimum absolute atomic E-state index is 0.377. The Balaban J connectivity index is 1.97. The first-order valence-corrected chi connectivity index (χ1v) is 9.64. The van der Waals surface area contributed by atoms with Gasteiger partial charge in [0.05, 0.1) is 24.6 Å². The van der Waals surface area contributed by atoms with Crippen molar-refractivity contribution >= 4 is 37.3 Å². The Morgan fingerprint density at radius 2 is 1.83 bits per heavy atom. The molecular formula is C16H16BrFN2O3S. The fourth-order valence-electron chi connectivity index (χ4n) is 2.53. The maximum Gasteiger partial charge on any atom is 0.264 e. The van der Waals surface area contributed by atoms with E-state index < -0.39 is 15.8 Å². The highest BCUT2D eigenvalue weighted by Gasteiger charge is 2.22. The molecule has 1 N–H and O–H groups in total. The van der Waals surface area contributed by atoms with Gasteiger partial charge in [-0.3, -0.25) is 4.72 Å². The van der Waals surface area contributed by atoms with Crippen molar-refractivity contribution in [2.75, 3.05) is 35.9 Å². The number of hydrogen-bond acceptors (Lipinski definition) is 4. The van der Waals surface area contributed by atoms with Crippen molar-refractivity contribution in [3.63, 3.8) is 0 Å². The zero-order valence-corrected chi connectivity index (χ0v) is 15.1. The van der Waals surface area contributed by atoms with E-state index in [1.807, 2.05) is 17.0 Å². The highest BCUT2D eigenvalue weighted by atomic mass is 79.9. The van der Waals surface area contributed by atoms with Crippen molar-refractivity contribution in [3.8, 4) is 0 Å². The summed E-state index contributed by atoms with van der Waals surface area (Å²) < 4.78 is 47.5. The Hall–Kier alpha value is -1.64. The molecule has 8 heteroatoms. The van der Waals surface area contributed by atoms with Gasteiger partial charge in [0.2, 0.25) is 0 Å². The number of morpholine rings is 1. The summed E-state index contributed by atoms with van der Waals surface area (Å²) in [7, 11) is -4.03. The van der Waals surface area contributed by atoms with E-state index in [1.54, 1.807) is 6.07 Å². The maximum atomic E-state index is 13.9. The lowest BCUT2D eigenvalue weighted by molar-refractivity contribution is 0.123. The number of nitrogens with one attached hydrogen (secondary N) is 1. The summed E-state index contributed by atoms with van der Waals surface area (Å²) in [5.41, 5.74) is 1.14. The second-order valence-corrected chi connectivity index (χ2v) is 7.86. The first kappa shape index (κ1) is 17.2. The molecule has 0 aromatic heterocycles. The lowest BCUT2D eigenvalue weighted by atomic mass is 10.2. The van der Waals surface area contributed by atoms with Crippen molar-refractivity contribution < 1.29 is 17.5 Å². The molecule has 0 radical (unpaired) electrons. The van der Waals surface area contributed by atoms with Gasteiger partial charge in [-0.2, -0.15) is 0 Å². The number of rotatable bonds is 4. The monoisotopic (exact) mass is 414 g/mol. The van der Waals surface area contributed by atoms with E-state index in [0.29, 0.717) is 32.0 Å². The maximum absolute atomic E-state index is 13.9. The Labute approximate surface area is 148 Å². The SMILES string of the molecule is O=S(=O)(Nc1cc(Br)ccc1N1CCOCC1)c1ccccc1F. The van der Waals surface area contributed by atoms with Crippen LogP contribution in [0.2, 0.25) is 0 Å². The third-order valence-electron chi connectivity index (χ3n) is 3.68.